The lowest BCUT2D eigenvalue weighted by Gasteiger charge is -2.24. The van der Waals surface area contributed by atoms with Crippen LogP contribution in [0.4, 0.5) is 5.69 Å². The zero-order chi connectivity index (χ0) is 21.8. The predicted molar refractivity (Wildman–Crippen MR) is 118 cm³/mol. The number of benzene rings is 2. The van der Waals surface area contributed by atoms with Gasteiger partial charge in [-0.1, -0.05) is 6.07 Å². The van der Waals surface area contributed by atoms with Gasteiger partial charge in [-0.15, -0.1) is 0 Å². The first kappa shape index (κ1) is 21.3. The summed E-state index contributed by atoms with van der Waals surface area (Å²) >= 11 is 0. The van der Waals surface area contributed by atoms with Crippen LogP contribution < -0.4 is 4.90 Å². The highest BCUT2D eigenvalue weighted by Gasteiger charge is 2.28. The molecule has 2 heterocycles. The van der Waals surface area contributed by atoms with Gasteiger partial charge in [-0.25, -0.2) is 8.42 Å². The largest absolute Gasteiger partial charge is 0.370 e. The fourth-order valence-corrected chi connectivity index (χ4v) is 5.74. The third-order valence-corrected chi connectivity index (χ3v) is 7.82. The molecule has 2 saturated heterocycles. The van der Waals surface area contributed by atoms with Crippen LogP contribution in [0.1, 0.15) is 35.2 Å². The molecule has 1 amide bonds. The smallest absolute Gasteiger partial charge is 0.253 e. The van der Waals surface area contributed by atoms with Crippen molar-refractivity contribution in [3.8, 4) is 6.07 Å². The molecule has 162 valence electrons. The fraction of sp³-hybridized carbons (Fsp3) is 0.391. The average molecular weight is 439 g/mol. The molecule has 0 radical (unpaired) electrons. The molecule has 2 aromatic carbocycles. The van der Waals surface area contributed by atoms with E-state index in [1.165, 1.54) is 10.4 Å². The van der Waals surface area contributed by atoms with Crippen molar-refractivity contribution in [3.63, 3.8) is 0 Å². The van der Waals surface area contributed by atoms with E-state index < -0.39 is 10.0 Å². The Balaban J connectivity index is 1.46. The van der Waals surface area contributed by atoms with Crippen molar-refractivity contribution >= 4 is 21.6 Å². The van der Waals surface area contributed by atoms with Crippen LogP contribution in [-0.2, 0) is 10.0 Å². The maximum Gasteiger partial charge on any atom is 0.253 e. The van der Waals surface area contributed by atoms with E-state index in [0.29, 0.717) is 43.9 Å². The molecule has 2 aliphatic heterocycles. The molecular weight excluding hydrogens is 412 g/mol. The Bertz CT molecular complexity index is 1090. The Hall–Kier alpha value is -2.89. The minimum absolute atomic E-state index is 0.139. The van der Waals surface area contributed by atoms with Gasteiger partial charge in [0.05, 0.1) is 16.5 Å². The first-order chi connectivity index (χ1) is 15.0. The molecule has 2 fully saturated rings. The monoisotopic (exact) mass is 438 g/mol. The molecule has 2 aromatic rings. The molecule has 0 aromatic heterocycles. The summed E-state index contributed by atoms with van der Waals surface area (Å²) in [5.41, 5.74) is 2.07. The summed E-state index contributed by atoms with van der Waals surface area (Å²) in [6.07, 6.45) is 2.57. The van der Waals surface area contributed by atoms with E-state index in [1.54, 1.807) is 35.2 Å². The van der Waals surface area contributed by atoms with Crippen molar-refractivity contribution in [2.45, 2.75) is 24.2 Å². The highest BCUT2D eigenvalue weighted by Crippen LogP contribution is 2.23. The van der Waals surface area contributed by atoms with E-state index in [0.717, 1.165) is 31.5 Å². The molecule has 0 unspecified atom stereocenters. The minimum atomic E-state index is -3.55. The molecule has 0 aliphatic carbocycles. The summed E-state index contributed by atoms with van der Waals surface area (Å²) in [7, 11) is -3.55. The summed E-state index contributed by atoms with van der Waals surface area (Å²) in [5.74, 6) is -0.139. The number of amides is 1. The Kier molecular flexibility index (Phi) is 6.25. The van der Waals surface area contributed by atoms with Crippen LogP contribution in [0, 0.1) is 11.3 Å². The van der Waals surface area contributed by atoms with E-state index >= 15 is 0 Å². The number of carbonyl (C=O) groups is 1. The highest BCUT2D eigenvalue weighted by molar-refractivity contribution is 7.89. The van der Waals surface area contributed by atoms with Crippen LogP contribution >= 0.6 is 0 Å². The maximum absolute atomic E-state index is 13.1. The van der Waals surface area contributed by atoms with Crippen LogP contribution in [0.25, 0.3) is 0 Å². The first-order valence-electron chi connectivity index (χ1n) is 10.6. The van der Waals surface area contributed by atoms with Gasteiger partial charge in [0.15, 0.2) is 0 Å². The molecule has 0 spiro atoms. The van der Waals surface area contributed by atoms with Crippen LogP contribution in [0.3, 0.4) is 0 Å². The van der Waals surface area contributed by atoms with Gasteiger partial charge in [0, 0.05) is 50.5 Å². The van der Waals surface area contributed by atoms with Gasteiger partial charge in [-0.3, -0.25) is 4.79 Å². The Morgan fingerprint density at radius 2 is 1.61 bits per heavy atom. The molecule has 8 heteroatoms. The zero-order valence-electron chi connectivity index (χ0n) is 17.4. The third-order valence-electron chi connectivity index (χ3n) is 5.93. The summed E-state index contributed by atoms with van der Waals surface area (Å²) < 4.78 is 27.2. The zero-order valence-corrected chi connectivity index (χ0v) is 18.2. The third kappa shape index (κ3) is 4.58. The molecule has 4 rings (SSSR count). The van der Waals surface area contributed by atoms with E-state index in [-0.39, 0.29) is 10.8 Å². The second-order valence-corrected chi connectivity index (χ2v) is 9.87. The van der Waals surface area contributed by atoms with E-state index in [1.807, 2.05) is 12.1 Å². The Morgan fingerprint density at radius 1 is 0.871 bits per heavy atom. The highest BCUT2D eigenvalue weighted by atomic mass is 32.2. The number of rotatable bonds is 4. The number of hydrogen-bond acceptors (Lipinski definition) is 5. The number of nitriles is 1. The minimum Gasteiger partial charge on any atom is -0.370 e. The molecule has 31 heavy (non-hydrogen) atoms. The van der Waals surface area contributed by atoms with Gasteiger partial charge >= 0.3 is 0 Å². The Labute approximate surface area is 183 Å². The van der Waals surface area contributed by atoms with Crippen LogP contribution in [0.15, 0.2) is 53.4 Å². The number of anilines is 1. The van der Waals surface area contributed by atoms with Crippen LogP contribution in [0.2, 0.25) is 0 Å². The van der Waals surface area contributed by atoms with Crippen molar-refractivity contribution in [1.29, 1.82) is 5.26 Å². The number of carbonyl (C=O) groups excluding carboxylic acids is 1. The van der Waals surface area contributed by atoms with Gasteiger partial charge in [0.25, 0.3) is 5.91 Å². The van der Waals surface area contributed by atoms with Gasteiger partial charge in [0.2, 0.25) is 10.0 Å². The quantitative estimate of drug-likeness (QED) is 0.733. The lowest BCUT2D eigenvalue weighted by molar-refractivity contribution is 0.0766. The topological polar surface area (TPSA) is 84.7 Å². The summed E-state index contributed by atoms with van der Waals surface area (Å²) in [5, 5.41) is 8.97. The second-order valence-electron chi connectivity index (χ2n) is 7.93. The lowest BCUT2D eigenvalue weighted by Crippen LogP contribution is -2.35. The summed E-state index contributed by atoms with van der Waals surface area (Å²) in [6, 6.07) is 16.0. The van der Waals surface area contributed by atoms with Crippen molar-refractivity contribution in [2.75, 3.05) is 44.2 Å². The predicted octanol–water partition coefficient (Wildman–Crippen LogP) is 2.70. The second kappa shape index (κ2) is 9.08. The van der Waals surface area contributed by atoms with Crippen LogP contribution in [-0.4, -0.2) is 62.8 Å². The molecule has 2 aliphatic rings. The SMILES string of the molecule is N#Cc1ccc(N2CCCN(C(=O)c3cccc(S(=O)(=O)N4CCCC4)c3)CC2)cc1. The van der Waals surface area contributed by atoms with Gasteiger partial charge < -0.3 is 9.80 Å². The molecule has 0 bridgehead atoms. The summed E-state index contributed by atoms with van der Waals surface area (Å²) in [6.45, 7) is 3.76. The standard InChI is InChI=1S/C23H26N4O3S/c24-18-19-7-9-21(10-8-19)25-11-4-12-26(16-15-25)23(28)20-5-3-6-22(17-20)31(29,30)27-13-1-2-14-27/h3,5-10,17H,1-2,4,11-16H2. The van der Waals surface area contributed by atoms with Crippen molar-refractivity contribution in [2.24, 2.45) is 0 Å². The fourth-order valence-electron chi connectivity index (χ4n) is 4.18. The van der Waals surface area contributed by atoms with Gasteiger partial charge in [0.1, 0.15) is 0 Å². The number of nitrogens with zero attached hydrogens (tertiary/aromatic N) is 4. The normalized spacial score (nSPS) is 17.9. The van der Waals surface area contributed by atoms with E-state index in [4.69, 9.17) is 5.26 Å². The van der Waals surface area contributed by atoms with Crippen molar-refractivity contribution < 1.29 is 13.2 Å². The summed E-state index contributed by atoms with van der Waals surface area (Å²) in [4.78, 5) is 17.3. The molecular formula is C23H26N4O3S. The van der Waals surface area contributed by atoms with Gasteiger partial charge in [-0.05, 0) is 61.7 Å². The Morgan fingerprint density at radius 3 is 2.32 bits per heavy atom. The van der Waals surface area contributed by atoms with Crippen LogP contribution in [0.5, 0.6) is 0 Å². The van der Waals surface area contributed by atoms with Crippen molar-refractivity contribution in [1.82, 2.24) is 9.21 Å². The number of hydrogen-bond donors (Lipinski definition) is 0. The van der Waals surface area contributed by atoms with Gasteiger partial charge in [-0.2, -0.15) is 9.57 Å². The van der Waals surface area contributed by atoms with E-state index in [9.17, 15) is 13.2 Å². The first-order valence-corrected chi connectivity index (χ1v) is 12.1. The van der Waals surface area contributed by atoms with Crippen molar-refractivity contribution in [3.05, 3.63) is 59.7 Å². The average Bonchev–Trinajstić information content (AvgIpc) is 3.25. The molecule has 0 saturated carbocycles. The molecule has 0 N–H and O–H groups in total. The number of sulfonamides is 1. The molecule has 7 nitrogen and oxygen atoms in total. The molecule has 0 atom stereocenters. The maximum atomic E-state index is 13.1. The van der Waals surface area contributed by atoms with E-state index in [2.05, 4.69) is 11.0 Å². The lowest BCUT2D eigenvalue weighted by atomic mass is 10.2.